The van der Waals surface area contributed by atoms with E-state index in [1.165, 1.54) is 103 Å². The summed E-state index contributed by atoms with van der Waals surface area (Å²) in [6.07, 6.45) is 53.9. The van der Waals surface area contributed by atoms with Crippen LogP contribution in [0.4, 0.5) is 0 Å². The second kappa shape index (κ2) is 46.1. The molecule has 0 rings (SSSR count). The van der Waals surface area contributed by atoms with Crippen LogP contribution in [0, 0.1) is 0 Å². The van der Waals surface area contributed by atoms with E-state index < -0.39 is 6.10 Å². The smallest absolute Gasteiger partial charge is 0.306 e. The first-order valence-corrected chi connectivity index (χ1v) is 24.1. The van der Waals surface area contributed by atoms with Gasteiger partial charge in [-0.2, -0.15) is 0 Å². The summed E-state index contributed by atoms with van der Waals surface area (Å²) in [6.45, 7) is 6.49. The lowest BCUT2D eigenvalue weighted by Crippen LogP contribution is -2.30. The Kier molecular flexibility index (Phi) is 43.9. The maximum absolute atomic E-state index is 12.7. The molecule has 6 nitrogen and oxygen atoms in total. The molecule has 0 saturated heterocycles. The van der Waals surface area contributed by atoms with Crippen molar-refractivity contribution in [3.63, 3.8) is 0 Å². The zero-order valence-corrected chi connectivity index (χ0v) is 37.6. The van der Waals surface area contributed by atoms with Crippen LogP contribution in [0.1, 0.15) is 239 Å². The lowest BCUT2D eigenvalue weighted by Gasteiger charge is -2.18. The summed E-state index contributed by atoms with van der Waals surface area (Å²) in [4.78, 5) is 37.7. The maximum Gasteiger partial charge on any atom is 0.306 e. The molecule has 0 aromatic rings. The van der Waals surface area contributed by atoms with Gasteiger partial charge in [0.25, 0.3) is 0 Å². The van der Waals surface area contributed by atoms with E-state index in [4.69, 9.17) is 14.2 Å². The van der Waals surface area contributed by atoms with Crippen molar-refractivity contribution >= 4 is 17.9 Å². The third-order valence-corrected chi connectivity index (χ3v) is 10.3. The molecule has 0 aromatic carbocycles. The van der Waals surface area contributed by atoms with Crippen molar-refractivity contribution in [2.24, 2.45) is 0 Å². The number of unbranched alkanes of at least 4 members (excludes halogenated alkanes) is 24. The van der Waals surface area contributed by atoms with Crippen molar-refractivity contribution in [2.75, 3.05) is 13.2 Å². The highest BCUT2D eigenvalue weighted by atomic mass is 16.6. The fourth-order valence-electron chi connectivity index (χ4n) is 6.63. The summed E-state index contributed by atoms with van der Waals surface area (Å²) >= 11 is 0. The van der Waals surface area contributed by atoms with E-state index >= 15 is 0 Å². The van der Waals surface area contributed by atoms with E-state index in [0.717, 1.165) is 96.3 Å². The summed E-state index contributed by atoms with van der Waals surface area (Å²) < 4.78 is 16.7. The minimum atomic E-state index is -0.777. The Bertz CT molecular complexity index is 1010. The highest BCUT2D eigenvalue weighted by molar-refractivity contribution is 5.71. The Balaban J connectivity index is 4.26. The number of carbonyl (C=O) groups excluding carboxylic acids is 3. The number of ether oxygens (including phenoxy) is 3. The van der Waals surface area contributed by atoms with E-state index in [2.05, 4.69) is 69.4 Å². The van der Waals surface area contributed by atoms with Crippen molar-refractivity contribution in [2.45, 2.75) is 245 Å². The van der Waals surface area contributed by atoms with Gasteiger partial charge in [0.15, 0.2) is 6.10 Å². The third-order valence-electron chi connectivity index (χ3n) is 10.3. The lowest BCUT2D eigenvalue weighted by molar-refractivity contribution is -0.167. The normalized spacial score (nSPS) is 12.4. The number of carbonyl (C=O) groups is 3. The Hall–Kier alpha value is -2.63. The van der Waals surface area contributed by atoms with Crippen LogP contribution in [-0.4, -0.2) is 37.2 Å². The molecule has 6 heteroatoms. The van der Waals surface area contributed by atoms with Gasteiger partial charge in [-0.3, -0.25) is 14.4 Å². The Labute approximate surface area is 352 Å². The molecule has 57 heavy (non-hydrogen) atoms. The highest BCUT2D eigenvalue weighted by Gasteiger charge is 2.19. The molecule has 0 aliphatic carbocycles. The van der Waals surface area contributed by atoms with Crippen LogP contribution in [0.3, 0.4) is 0 Å². The number of rotatable bonds is 43. The van der Waals surface area contributed by atoms with Crippen LogP contribution in [0.2, 0.25) is 0 Å². The lowest BCUT2D eigenvalue weighted by atomic mass is 10.1. The zero-order valence-electron chi connectivity index (χ0n) is 37.6. The molecule has 0 aromatic heterocycles. The molecule has 1 atom stereocenters. The van der Waals surface area contributed by atoms with Crippen LogP contribution >= 0.6 is 0 Å². The van der Waals surface area contributed by atoms with E-state index in [1.807, 2.05) is 0 Å². The fraction of sp³-hybridized carbons (Fsp3) is 0.784. The standard InChI is InChI=1S/C51H90O6/c1-4-7-10-13-16-18-20-22-23-24-25-26-27-29-30-32-35-38-41-44-50(53)56-47-48(46-55-49(52)43-40-37-34-15-12-9-6-3)57-51(54)45-42-39-36-33-31-28-21-19-17-14-11-8-5-2/h11,14,16,18-19,21-23,48H,4-10,12-13,15,17,20,24-47H2,1-3H3/b14-11-,18-16-,21-19-,23-22-. The van der Waals surface area contributed by atoms with E-state index in [-0.39, 0.29) is 31.1 Å². The molecule has 0 aliphatic rings. The van der Waals surface area contributed by atoms with Crippen molar-refractivity contribution in [3.8, 4) is 0 Å². The minimum absolute atomic E-state index is 0.0795. The molecule has 0 aliphatic heterocycles. The first-order valence-electron chi connectivity index (χ1n) is 24.1. The van der Waals surface area contributed by atoms with Gasteiger partial charge < -0.3 is 14.2 Å². The van der Waals surface area contributed by atoms with E-state index in [1.54, 1.807) is 0 Å². The Morgan fingerprint density at radius 1 is 0.351 bits per heavy atom. The molecule has 1 unspecified atom stereocenters. The fourth-order valence-corrected chi connectivity index (χ4v) is 6.63. The average molecular weight is 799 g/mol. The summed E-state index contributed by atoms with van der Waals surface area (Å²) in [5.74, 6) is -0.903. The molecule has 0 radical (unpaired) electrons. The van der Waals surface area contributed by atoms with Crippen molar-refractivity contribution < 1.29 is 28.6 Å². The summed E-state index contributed by atoms with van der Waals surface area (Å²) in [7, 11) is 0. The SMILES string of the molecule is CCC/C=C\C/C=C\CCCCCCCC(=O)OC(COC(=O)CCCCCCCCC)COC(=O)CCCCCCCCCCC/C=C\C/C=C\CCCCC. The van der Waals surface area contributed by atoms with Gasteiger partial charge in [0, 0.05) is 19.3 Å². The van der Waals surface area contributed by atoms with Gasteiger partial charge >= 0.3 is 17.9 Å². The maximum atomic E-state index is 12.7. The van der Waals surface area contributed by atoms with Crippen molar-refractivity contribution in [1.82, 2.24) is 0 Å². The molecule has 0 bridgehead atoms. The van der Waals surface area contributed by atoms with Crippen molar-refractivity contribution in [1.29, 1.82) is 0 Å². The predicted molar refractivity (Wildman–Crippen MR) is 242 cm³/mol. The molecule has 0 amide bonds. The molecular weight excluding hydrogens is 709 g/mol. The third kappa shape index (κ3) is 44.3. The summed E-state index contributed by atoms with van der Waals surface area (Å²) in [6, 6.07) is 0. The van der Waals surface area contributed by atoms with Crippen LogP contribution < -0.4 is 0 Å². The predicted octanol–water partition coefficient (Wildman–Crippen LogP) is 15.5. The molecule has 0 heterocycles. The molecular formula is C51H90O6. The van der Waals surface area contributed by atoms with Gasteiger partial charge in [-0.1, -0.05) is 191 Å². The first kappa shape index (κ1) is 54.4. The molecule has 0 saturated carbocycles. The quantitative estimate of drug-likeness (QED) is 0.0265. The number of hydrogen-bond donors (Lipinski definition) is 0. The Morgan fingerprint density at radius 3 is 1.07 bits per heavy atom. The first-order chi connectivity index (χ1) is 28.0. The van der Waals surface area contributed by atoms with E-state index in [0.29, 0.717) is 19.3 Å². The van der Waals surface area contributed by atoms with Gasteiger partial charge in [0.05, 0.1) is 0 Å². The van der Waals surface area contributed by atoms with Crippen LogP contribution in [0.15, 0.2) is 48.6 Å². The second-order valence-electron chi connectivity index (χ2n) is 16.0. The van der Waals surface area contributed by atoms with Crippen LogP contribution in [-0.2, 0) is 28.6 Å². The van der Waals surface area contributed by atoms with Gasteiger partial charge in [0.1, 0.15) is 13.2 Å². The average Bonchev–Trinajstić information content (AvgIpc) is 3.21. The number of allylic oxidation sites excluding steroid dienone is 8. The van der Waals surface area contributed by atoms with Crippen LogP contribution in [0.25, 0.3) is 0 Å². The summed E-state index contributed by atoms with van der Waals surface area (Å²) in [5, 5.41) is 0. The van der Waals surface area contributed by atoms with Crippen molar-refractivity contribution in [3.05, 3.63) is 48.6 Å². The molecule has 0 N–H and O–H groups in total. The van der Waals surface area contributed by atoms with E-state index in [9.17, 15) is 14.4 Å². The minimum Gasteiger partial charge on any atom is -0.462 e. The Morgan fingerprint density at radius 2 is 0.667 bits per heavy atom. The number of hydrogen-bond acceptors (Lipinski definition) is 6. The van der Waals surface area contributed by atoms with Gasteiger partial charge in [0.2, 0.25) is 0 Å². The molecule has 330 valence electrons. The second-order valence-corrected chi connectivity index (χ2v) is 16.0. The largest absolute Gasteiger partial charge is 0.462 e. The summed E-state index contributed by atoms with van der Waals surface area (Å²) in [5.41, 5.74) is 0. The topological polar surface area (TPSA) is 78.9 Å². The highest BCUT2D eigenvalue weighted by Crippen LogP contribution is 2.14. The molecule has 0 fully saturated rings. The van der Waals surface area contributed by atoms with Gasteiger partial charge in [-0.05, 0) is 77.0 Å². The molecule has 0 spiro atoms. The zero-order chi connectivity index (χ0) is 41.5. The van der Waals surface area contributed by atoms with Gasteiger partial charge in [-0.15, -0.1) is 0 Å². The van der Waals surface area contributed by atoms with Gasteiger partial charge in [-0.25, -0.2) is 0 Å². The number of esters is 3. The monoisotopic (exact) mass is 799 g/mol. The van der Waals surface area contributed by atoms with Crippen LogP contribution in [0.5, 0.6) is 0 Å².